The Morgan fingerprint density at radius 3 is 2.35 bits per heavy atom. The van der Waals surface area contributed by atoms with Crippen LogP contribution in [0.1, 0.15) is 38.8 Å². The van der Waals surface area contributed by atoms with Gasteiger partial charge in [0.1, 0.15) is 11.6 Å². The van der Waals surface area contributed by atoms with Crippen LogP contribution in [-0.2, 0) is 10.2 Å². The lowest BCUT2D eigenvalue weighted by atomic mass is 9.86. The first-order chi connectivity index (χ1) is 7.71. The third kappa shape index (κ3) is 3.31. The van der Waals surface area contributed by atoms with E-state index in [1.165, 1.54) is 6.92 Å². The standard InChI is InChI=1S/C13H18N2O2/c1-8(16)17-11-7-9(13(2,3)4)5-6-10(11)12(14)15/h5-7H,1-4H3,(H3,14,15). The monoisotopic (exact) mass is 234 g/mol. The molecule has 0 aromatic heterocycles. The zero-order valence-corrected chi connectivity index (χ0v) is 10.6. The van der Waals surface area contributed by atoms with E-state index in [9.17, 15) is 4.79 Å². The first kappa shape index (κ1) is 13.2. The number of nitrogens with two attached hydrogens (primary N) is 1. The van der Waals surface area contributed by atoms with Gasteiger partial charge in [-0.2, -0.15) is 0 Å². The van der Waals surface area contributed by atoms with Crippen molar-refractivity contribution >= 4 is 11.8 Å². The number of hydrogen-bond donors (Lipinski definition) is 2. The molecule has 92 valence electrons. The molecule has 0 radical (unpaired) electrons. The molecule has 0 bridgehead atoms. The smallest absolute Gasteiger partial charge is 0.308 e. The van der Waals surface area contributed by atoms with Crippen LogP contribution in [-0.4, -0.2) is 11.8 Å². The van der Waals surface area contributed by atoms with Crippen molar-refractivity contribution in [1.29, 1.82) is 5.41 Å². The fourth-order valence-electron chi connectivity index (χ4n) is 1.45. The number of nitrogens with one attached hydrogen (secondary N) is 1. The second-order valence-electron chi connectivity index (χ2n) is 4.97. The van der Waals surface area contributed by atoms with Crippen LogP contribution in [0.4, 0.5) is 0 Å². The highest BCUT2D eigenvalue weighted by atomic mass is 16.5. The van der Waals surface area contributed by atoms with Crippen LogP contribution in [0.5, 0.6) is 5.75 Å². The average Bonchev–Trinajstić information content (AvgIpc) is 2.14. The molecule has 0 atom stereocenters. The third-order valence-electron chi connectivity index (χ3n) is 2.39. The van der Waals surface area contributed by atoms with Crippen molar-refractivity contribution in [3.05, 3.63) is 29.3 Å². The van der Waals surface area contributed by atoms with Crippen LogP contribution < -0.4 is 10.5 Å². The third-order valence-corrected chi connectivity index (χ3v) is 2.39. The van der Waals surface area contributed by atoms with Gasteiger partial charge in [0.05, 0.1) is 5.56 Å². The van der Waals surface area contributed by atoms with Crippen LogP contribution in [0.2, 0.25) is 0 Å². The lowest BCUT2D eigenvalue weighted by Gasteiger charge is -2.20. The van der Waals surface area contributed by atoms with Gasteiger partial charge in [-0.25, -0.2) is 0 Å². The van der Waals surface area contributed by atoms with Crippen molar-refractivity contribution in [2.24, 2.45) is 5.73 Å². The molecule has 3 N–H and O–H groups in total. The van der Waals surface area contributed by atoms with Gasteiger partial charge in [-0.05, 0) is 23.1 Å². The van der Waals surface area contributed by atoms with Crippen LogP contribution >= 0.6 is 0 Å². The lowest BCUT2D eigenvalue weighted by molar-refractivity contribution is -0.131. The van der Waals surface area contributed by atoms with E-state index < -0.39 is 5.97 Å². The second-order valence-corrected chi connectivity index (χ2v) is 4.97. The molecule has 0 amide bonds. The zero-order valence-electron chi connectivity index (χ0n) is 10.6. The van der Waals surface area contributed by atoms with Crippen molar-refractivity contribution in [1.82, 2.24) is 0 Å². The van der Waals surface area contributed by atoms with Gasteiger partial charge >= 0.3 is 5.97 Å². The summed E-state index contributed by atoms with van der Waals surface area (Å²) in [4.78, 5) is 11.0. The van der Waals surface area contributed by atoms with Gasteiger partial charge in [0, 0.05) is 6.92 Å². The number of amidine groups is 1. The molecule has 4 heteroatoms. The molecule has 0 fully saturated rings. The molecule has 0 unspecified atom stereocenters. The number of carbonyl (C=O) groups excluding carboxylic acids is 1. The normalized spacial score (nSPS) is 11.1. The van der Waals surface area contributed by atoms with E-state index >= 15 is 0 Å². The maximum Gasteiger partial charge on any atom is 0.308 e. The Hall–Kier alpha value is -1.84. The summed E-state index contributed by atoms with van der Waals surface area (Å²) in [6.45, 7) is 7.52. The van der Waals surface area contributed by atoms with Gasteiger partial charge in [0.2, 0.25) is 0 Å². The molecule has 4 nitrogen and oxygen atoms in total. The Morgan fingerprint density at radius 1 is 1.35 bits per heavy atom. The number of esters is 1. The minimum Gasteiger partial charge on any atom is -0.426 e. The zero-order chi connectivity index (χ0) is 13.2. The van der Waals surface area contributed by atoms with Gasteiger partial charge in [-0.15, -0.1) is 0 Å². The molecule has 0 heterocycles. The summed E-state index contributed by atoms with van der Waals surface area (Å²) >= 11 is 0. The van der Waals surface area contributed by atoms with Gasteiger partial charge < -0.3 is 10.5 Å². The number of hydrogen-bond acceptors (Lipinski definition) is 3. The Labute approximate surface area is 101 Å². The van der Waals surface area contributed by atoms with Gasteiger partial charge in [0.25, 0.3) is 0 Å². The maximum atomic E-state index is 11.0. The fourth-order valence-corrected chi connectivity index (χ4v) is 1.45. The summed E-state index contributed by atoms with van der Waals surface area (Å²) < 4.78 is 5.08. The molecule has 0 saturated heterocycles. The molecule has 1 rings (SSSR count). The fraction of sp³-hybridized carbons (Fsp3) is 0.385. The highest BCUT2D eigenvalue weighted by Crippen LogP contribution is 2.28. The second kappa shape index (κ2) is 4.57. The van der Waals surface area contributed by atoms with Crippen molar-refractivity contribution in [3.63, 3.8) is 0 Å². The van der Waals surface area contributed by atoms with E-state index in [0.717, 1.165) is 5.56 Å². The summed E-state index contributed by atoms with van der Waals surface area (Å²) in [7, 11) is 0. The van der Waals surface area contributed by atoms with E-state index in [2.05, 4.69) is 20.8 Å². The highest BCUT2D eigenvalue weighted by molar-refractivity contribution is 5.98. The number of carbonyl (C=O) groups is 1. The molecular weight excluding hydrogens is 216 g/mol. The molecular formula is C13H18N2O2. The minimum absolute atomic E-state index is 0.0514. The average molecular weight is 234 g/mol. The van der Waals surface area contributed by atoms with Crippen LogP contribution in [0.25, 0.3) is 0 Å². The summed E-state index contributed by atoms with van der Waals surface area (Å²) in [5.74, 6) is -0.183. The molecule has 1 aromatic carbocycles. The van der Waals surface area contributed by atoms with Crippen molar-refractivity contribution in [2.75, 3.05) is 0 Å². The van der Waals surface area contributed by atoms with Crippen molar-refractivity contribution in [2.45, 2.75) is 33.1 Å². The summed E-state index contributed by atoms with van der Waals surface area (Å²) in [5, 5.41) is 7.43. The Morgan fingerprint density at radius 2 is 1.94 bits per heavy atom. The summed E-state index contributed by atoms with van der Waals surface area (Å²) in [5.41, 5.74) is 6.85. The van der Waals surface area contributed by atoms with Crippen molar-refractivity contribution < 1.29 is 9.53 Å². The quantitative estimate of drug-likeness (QED) is 0.356. The predicted molar refractivity (Wildman–Crippen MR) is 67.5 cm³/mol. The molecule has 1 aromatic rings. The van der Waals surface area contributed by atoms with Crippen molar-refractivity contribution in [3.8, 4) is 5.75 Å². The van der Waals surface area contributed by atoms with E-state index in [1.54, 1.807) is 12.1 Å². The van der Waals surface area contributed by atoms with E-state index in [1.807, 2.05) is 6.07 Å². The molecule has 0 aliphatic heterocycles. The lowest BCUT2D eigenvalue weighted by Crippen LogP contribution is -2.17. The largest absolute Gasteiger partial charge is 0.426 e. The number of rotatable bonds is 2. The molecule has 0 saturated carbocycles. The number of benzene rings is 1. The van der Waals surface area contributed by atoms with Crippen LogP contribution in [0.15, 0.2) is 18.2 Å². The first-order valence-corrected chi connectivity index (χ1v) is 5.39. The van der Waals surface area contributed by atoms with E-state index in [-0.39, 0.29) is 11.3 Å². The van der Waals surface area contributed by atoms with Gasteiger partial charge in [-0.3, -0.25) is 10.2 Å². The Bertz CT molecular complexity index is 459. The maximum absolute atomic E-state index is 11.0. The van der Waals surface area contributed by atoms with Gasteiger partial charge in [0.15, 0.2) is 0 Å². The SMILES string of the molecule is CC(=O)Oc1cc(C(C)(C)C)ccc1C(=N)N. The van der Waals surface area contributed by atoms with E-state index in [4.69, 9.17) is 15.9 Å². The molecule has 0 aliphatic rings. The Balaban J connectivity index is 3.29. The summed E-state index contributed by atoms with van der Waals surface area (Å²) in [6, 6.07) is 5.36. The summed E-state index contributed by atoms with van der Waals surface area (Å²) in [6.07, 6.45) is 0. The molecule has 0 spiro atoms. The van der Waals surface area contributed by atoms with Crippen LogP contribution in [0.3, 0.4) is 0 Å². The molecule has 17 heavy (non-hydrogen) atoms. The minimum atomic E-state index is -0.418. The topological polar surface area (TPSA) is 76.2 Å². The number of nitrogen functional groups attached to an aromatic ring is 1. The number of ether oxygens (including phenoxy) is 1. The van der Waals surface area contributed by atoms with Gasteiger partial charge in [-0.1, -0.05) is 26.8 Å². The Kier molecular flexibility index (Phi) is 3.56. The predicted octanol–water partition coefficient (Wildman–Crippen LogP) is 2.19. The molecule has 0 aliphatic carbocycles. The van der Waals surface area contributed by atoms with Crippen LogP contribution in [0, 0.1) is 5.41 Å². The highest BCUT2D eigenvalue weighted by Gasteiger charge is 2.17. The first-order valence-electron chi connectivity index (χ1n) is 5.39. The van der Waals surface area contributed by atoms with E-state index in [0.29, 0.717) is 11.3 Å².